The second kappa shape index (κ2) is 6.45. The monoisotopic (exact) mass is 347 g/mol. The highest BCUT2D eigenvalue weighted by atomic mass is 32.2. The van der Waals surface area contributed by atoms with Gasteiger partial charge in [-0.1, -0.05) is 29.8 Å². The number of nitrogens with one attached hydrogen (secondary N) is 2. The Morgan fingerprint density at radius 1 is 1.38 bits per heavy atom. The van der Waals surface area contributed by atoms with Gasteiger partial charge in [-0.05, 0) is 11.6 Å². The van der Waals surface area contributed by atoms with E-state index in [0.717, 1.165) is 17.8 Å². The van der Waals surface area contributed by atoms with E-state index >= 15 is 0 Å². The molecule has 0 radical (unpaired) electrons. The molecule has 0 fully saturated rings. The summed E-state index contributed by atoms with van der Waals surface area (Å²) in [6, 6.07) is 3.66. The number of halogens is 2. The molecule has 1 aliphatic rings. The molecule has 0 spiro atoms. The number of nitrogens with zero attached hydrogens (tertiary/aromatic N) is 1. The van der Waals surface area contributed by atoms with Gasteiger partial charge < -0.3 is 10.3 Å². The van der Waals surface area contributed by atoms with E-state index in [0.29, 0.717) is 0 Å². The number of carbonyl (C=O) groups excluding carboxylic acids is 1. The fraction of sp³-hybridized carbons (Fsp3) is 0.188. The summed E-state index contributed by atoms with van der Waals surface area (Å²) < 4.78 is 27.6. The number of anilines is 1. The van der Waals surface area contributed by atoms with Gasteiger partial charge in [0, 0.05) is 12.3 Å². The zero-order valence-corrected chi connectivity index (χ0v) is 13.0. The van der Waals surface area contributed by atoms with Gasteiger partial charge in [-0.15, -0.1) is 6.42 Å². The summed E-state index contributed by atoms with van der Waals surface area (Å²) in [5, 5.41) is 2.75. The highest BCUT2D eigenvalue weighted by Crippen LogP contribution is 2.35. The van der Waals surface area contributed by atoms with E-state index in [2.05, 4.69) is 21.2 Å². The minimum atomic E-state index is -1.08. The molecule has 0 saturated carbocycles. The number of hydrogen-bond donors (Lipinski definition) is 2. The SMILES string of the molecule is C#CCSc1nc2c(c(=O)[nH]1)[C@@H](c1cccc(F)c1F)CC(=O)N2. The van der Waals surface area contributed by atoms with Crippen molar-refractivity contribution in [1.29, 1.82) is 0 Å². The van der Waals surface area contributed by atoms with Crippen molar-refractivity contribution in [2.75, 3.05) is 11.1 Å². The molecule has 0 unspecified atom stereocenters. The molecule has 2 aromatic rings. The van der Waals surface area contributed by atoms with Crippen LogP contribution < -0.4 is 10.9 Å². The first-order chi connectivity index (χ1) is 11.5. The first-order valence-corrected chi connectivity index (χ1v) is 7.94. The van der Waals surface area contributed by atoms with Gasteiger partial charge in [0.05, 0.1) is 11.3 Å². The predicted octanol–water partition coefficient (Wildman–Crippen LogP) is 2.25. The molecule has 2 heterocycles. The largest absolute Gasteiger partial charge is 0.310 e. The average Bonchev–Trinajstić information content (AvgIpc) is 2.54. The minimum absolute atomic E-state index is 0.0446. The Balaban J connectivity index is 2.13. The number of aromatic nitrogens is 2. The molecule has 5 nitrogen and oxygen atoms in total. The summed E-state index contributed by atoms with van der Waals surface area (Å²) >= 11 is 1.12. The standard InChI is InChI=1S/C16H11F2N3O2S/c1-2-6-24-16-20-14-12(15(23)21-16)9(7-11(22)19-14)8-4-3-5-10(17)13(8)18/h1,3-5,9H,6-7H2,(H2,19,20,21,22,23)/t9-/m1/s1. The molecule has 2 N–H and O–H groups in total. The van der Waals surface area contributed by atoms with Crippen LogP contribution in [0.4, 0.5) is 14.6 Å². The van der Waals surface area contributed by atoms with E-state index in [-0.39, 0.29) is 34.3 Å². The number of carbonyl (C=O) groups is 1. The summed E-state index contributed by atoms with van der Waals surface area (Å²) in [6.07, 6.45) is 4.99. The molecule has 1 atom stereocenters. The number of benzene rings is 1. The topological polar surface area (TPSA) is 74.8 Å². The van der Waals surface area contributed by atoms with Gasteiger partial charge in [0.1, 0.15) is 5.82 Å². The van der Waals surface area contributed by atoms with Crippen molar-refractivity contribution in [1.82, 2.24) is 9.97 Å². The van der Waals surface area contributed by atoms with Gasteiger partial charge in [-0.25, -0.2) is 13.8 Å². The van der Waals surface area contributed by atoms with E-state index in [9.17, 15) is 18.4 Å². The summed E-state index contributed by atoms with van der Waals surface area (Å²) in [5.74, 6) is -0.721. The van der Waals surface area contributed by atoms with Gasteiger partial charge in [0.15, 0.2) is 16.8 Å². The molecule has 1 aromatic carbocycles. The average molecular weight is 347 g/mol. The molecular weight excluding hydrogens is 336 g/mol. The maximum absolute atomic E-state index is 14.1. The van der Waals surface area contributed by atoms with Crippen molar-refractivity contribution >= 4 is 23.5 Å². The summed E-state index contributed by atoms with van der Waals surface area (Å²) in [5.41, 5.74) is -0.472. The number of hydrogen-bond acceptors (Lipinski definition) is 4. The van der Waals surface area contributed by atoms with Crippen molar-refractivity contribution in [3.05, 3.63) is 51.3 Å². The lowest BCUT2D eigenvalue weighted by atomic mass is 9.86. The number of amides is 1. The predicted molar refractivity (Wildman–Crippen MR) is 85.9 cm³/mol. The van der Waals surface area contributed by atoms with Gasteiger partial charge in [-0.3, -0.25) is 9.59 Å². The fourth-order valence-electron chi connectivity index (χ4n) is 2.58. The van der Waals surface area contributed by atoms with Crippen LogP contribution in [-0.2, 0) is 4.79 Å². The van der Waals surface area contributed by atoms with Crippen LogP contribution in [-0.4, -0.2) is 21.6 Å². The number of rotatable bonds is 3. The number of aromatic amines is 1. The zero-order valence-electron chi connectivity index (χ0n) is 12.2. The highest BCUT2D eigenvalue weighted by Gasteiger charge is 2.33. The molecule has 122 valence electrons. The van der Waals surface area contributed by atoms with Crippen LogP contribution >= 0.6 is 11.8 Å². The Bertz CT molecular complexity index is 921. The summed E-state index contributed by atoms with van der Waals surface area (Å²) in [6.45, 7) is 0. The van der Waals surface area contributed by atoms with Crippen LogP contribution in [0.25, 0.3) is 0 Å². The smallest absolute Gasteiger partial charge is 0.257 e. The van der Waals surface area contributed by atoms with E-state index in [1.165, 1.54) is 12.1 Å². The quantitative estimate of drug-likeness (QED) is 0.507. The second-order valence-electron chi connectivity index (χ2n) is 5.07. The molecule has 1 aliphatic heterocycles. The Labute approximate surface area is 139 Å². The second-order valence-corrected chi connectivity index (χ2v) is 6.04. The summed E-state index contributed by atoms with van der Waals surface area (Å²) in [7, 11) is 0. The van der Waals surface area contributed by atoms with Gasteiger partial charge >= 0.3 is 0 Å². The fourth-order valence-corrected chi connectivity index (χ4v) is 3.13. The minimum Gasteiger partial charge on any atom is -0.310 e. The molecule has 3 rings (SSSR count). The zero-order chi connectivity index (χ0) is 17.3. The molecule has 24 heavy (non-hydrogen) atoms. The van der Waals surface area contributed by atoms with E-state index in [1.807, 2.05) is 0 Å². The van der Waals surface area contributed by atoms with Crippen LogP contribution in [0.3, 0.4) is 0 Å². The Hall–Kier alpha value is -2.66. The Morgan fingerprint density at radius 3 is 2.92 bits per heavy atom. The molecule has 1 amide bonds. The number of terminal acetylenes is 1. The third-order valence-electron chi connectivity index (χ3n) is 3.58. The number of thioether (sulfide) groups is 1. The lowest BCUT2D eigenvalue weighted by Gasteiger charge is -2.24. The van der Waals surface area contributed by atoms with Gasteiger partial charge in [-0.2, -0.15) is 0 Å². The van der Waals surface area contributed by atoms with Crippen molar-refractivity contribution in [2.45, 2.75) is 17.5 Å². The van der Waals surface area contributed by atoms with Crippen molar-refractivity contribution in [3.8, 4) is 12.3 Å². The maximum Gasteiger partial charge on any atom is 0.257 e. The lowest BCUT2D eigenvalue weighted by molar-refractivity contribution is -0.116. The van der Waals surface area contributed by atoms with Crippen LogP contribution in [0.1, 0.15) is 23.5 Å². The number of H-pyrrole nitrogens is 1. The van der Waals surface area contributed by atoms with Crippen molar-refractivity contribution < 1.29 is 13.6 Å². The van der Waals surface area contributed by atoms with Crippen molar-refractivity contribution in [2.24, 2.45) is 0 Å². The van der Waals surface area contributed by atoms with Crippen LogP contribution in [0.2, 0.25) is 0 Å². The van der Waals surface area contributed by atoms with Crippen LogP contribution in [0, 0.1) is 24.0 Å². The third kappa shape index (κ3) is 2.90. The molecular formula is C16H11F2N3O2S. The third-order valence-corrected chi connectivity index (χ3v) is 4.36. The van der Waals surface area contributed by atoms with Crippen molar-refractivity contribution in [3.63, 3.8) is 0 Å². The molecule has 0 aliphatic carbocycles. The van der Waals surface area contributed by atoms with Crippen LogP contribution in [0.5, 0.6) is 0 Å². The number of fused-ring (bicyclic) bond motifs is 1. The van der Waals surface area contributed by atoms with E-state index in [1.54, 1.807) is 0 Å². The normalized spacial score (nSPS) is 16.2. The lowest BCUT2D eigenvalue weighted by Crippen LogP contribution is -2.31. The van der Waals surface area contributed by atoms with E-state index in [4.69, 9.17) is 6.42 Å². The van der Waals surface area contributed by atoms with Crippen LogP contribution in [0.15, 0.2) is 28.2 Å². The Morgan fingerprint density at radius 2 is 2.17 bits per heavy atom. The molecule has 8 heteroatoms. The molecule has 1 aromatic heterocycles. The van der Waals surface area contributed by atoms with Gasteiger partial charge in [0.2, 0.25) is 5.91 Å². The maximum atomic E-state index is 14.1. The first-order valence-electron chi connectivity index (χ1n) is 6.95. The first kappa shape index (κ1) is 16.2. The highest BCUT2D eigenvalue weighted by molar-refractivity contribution is 7.99. The molecule has 0 bridgehead atoms. The van der Waals surface area contributed by atoms with E-state index < -0.39 is 29.0 Å². The Kier molecular flexibility index (Phi) is 4.36. The summed E-state index contributed by atoms with van der Waals surface area (Å²) in [4.78, 5) is 31.0. The molecule has 0 saturated heterocycles. The van der Waals surface area contributed by atoms with Gasteiger partial charge in [0.25, 0.3) is 5.56 Å².